The molecule has 0 saturated carbocycles. The molecule has 2 aromatic heterocycles. The zero-order chi connectivity index (χ0) is 22.3. The molecule has 0 fully saturated rings. The third-order valence-electron chi connectivity index (χ3n) is 5.24. The summed E-state index contributed by atoms with van der Waals surface area (Å²) in [4.78, 5) is 28.0. The predicted molar refractivity (Wildman–Crippen MR) is 117 cm³/mol. The Bertz CT molecular complexity index is 1500. The van der Waals surface area contributed by atoms with Gasteiger partial charge in [-0.25, -0.2) is 17.9 Å². The molecule has 0 aliphatic rings. The fourth-order valence-corrected chi connectivity index (χ4v) is 4.68. The van der Waals surface area contributed by atoms with Crippen molar-refractivity contribution in [3.05, 3.63) is 86.3 Å². The van der Waals surface area contributed by atoms with Crippen LogP contribution in [-0.4, -0.2) is 39.5 Å². The number of aryl methyl sites for hydroxylation is 1. The highest BCUT2D eigenvalue weighted by Gasteiger charge is 2.24. The van der Waals surface area contributed by atoms with Crippen molar-refractivity contribution in [2.24, 2.45) is 0 Å². The monoisotopic (exact) mass is 439 g/mol. The lowest BCUT2D eigenvalue weighted by molar-refractivity contribution is 0.465. The Morgan fingerprint density at radius 1 is 1.03 bits per heavy atom. The summed E-state index contributed by atoms with van der Waals surface area (Å²) in [5, 5.41) is 4.66. The highest BCUT2D eigenvalue weighted by atomic mass is 32.2. The van der Waals surface area contributed by atoms with Crippen molar-refractivity contribution in [1.82, 2.24) is 24.1 Å². The Hall–Kier alpha value is -3.50. The van der Waals surface area contributed by atoms with Crippen LogP contribution < -0.4 is 11.2 Å². The fraction of sp³-hybridized carbons (Fsp3) is 0.190. The van der Waals surface area contributed by atoms with E-state index in [-0.39, 0.29) is 22.3 Å². The smallest absolute Gasteiger partial charge is 0.307 e. The first-order valence-electron chi connectivity index (χ1n) is 9.51. The van der Waals surface area contributed by atoms with Gasteiger partial charge in [0.25, 0.3) is 5.56 Å². The molecule has 10 heteroatoms. The largest absolute Gasteiger partial charge is 0.326 e. The molecule has 4 rings (SSSR count). The molecule has 0 saturated heterocycles. The van der Waals surface area contributed by atoms with Crippen molar-refractivity contribution < 1.29 is 8.42 Å². The van der Waals surface area contributed by atoms with Gasteiger partial charge in [-0.3, -0.25) is 9.78 Å². The number of para-hydroxylation sites is 1. The van der Waals surface area contributed by atoms with Crippen molar-refractivity contribution in [2.75, 3.05) is 7.05 Å². The van der Waals surface area contributed by atoms with Gasteiger partial charge in [0, 0.05) is 24.8 Å². The molecular weight excluding hydrogens is 418 g/mol. The SMILES string of the molecule is Cc1nn(-c2ccccc2)c(C)c1CN(C)S(=O)(=O)c1ccc2[nH]c(=O)[nH]c(=O)c2c1. The summed E-state index contributed by atoms with van der Waals surface area (Å²) in [5.74, 6) is 0. The number of H-pyrrole nitrogens is 2. The number of hydrogen-bond acceptors (Lipinski definition) is 5. The molecule has 0 amide bonds. The Morgan fingerprint density at radius 2 is 1.74 bits per heavy atom. The number of aromatic amines is 2. The van der Waals surface area contributed by atoms with E-state index in [0.717, 1.165) is 22.6 Å². The summed E-state index contributed by atoms with van der Waals surface area (Å²) in [5.41, 5.74) is 2.25. The summed E-state index contributed by atoms with van der Waals surface area (Å²) >= 11 is 0. The van der Waals surface area contributed by atoms with Gasteiger partial charge in [-0.1, -0.05) is 18.2 Å². The molecular formula is C21H21N5O4S. The number of aromatic nitrogens is 4. The summed E-state index contributed by atoms with van der Waals surface area (Å²) in [6, 6.07) is 13.7. The number of hydrogen-bond donors (Lipinski definition) is 2. The first-order valence-corrected chi connectivity index (χ1v) is 11.0. The van der Waals surface area contributed by atoms with Gasteiger partial charge in [-0.15, -0.1) is 0 Å². The molecule has 0 radical (unpaired) electrons. The summed E-state index contributed by atoms with van der Waals surface area (Å²) in [6.07, 6.45) is 0. The zero-order valence-corrected chi connectivity index (χ0v) is 18.0. The van der Waals surface area contributed by atoms with Gasteiger partial charge < -0.3 is 4.98 Å². The minimum atomic E-state index is -3.89. The summed E-state index contributed by atoms with van der Waals surface area (Å²) in [7, 11) is -2.41. The van der Waals surface area contributed by atoms with Crippen molar-refractivity contribution >= 4 is 20.9 Å². The first kappa shape index (κ1) is 20.8. The Balaban J connectivity index is 1.70. The third-order valence-corrected chi connectivity index (χ3v) is 7.04. The van der Waals surface area contributed by atoms with Crippen LogP contribution in [0.3, 0.4) is 0 Å². The normalized spacial score (nSPS) is 12.0. The second-order valence-electron chi connectivity index (χ2n) is 7.27. The van der Waals surface area contributed by atoms with Crippen LogP contribution in [0.4, 0.5) is 0 Å². The zero-order valence-electron chi connectivity index (χ0n) is 17.2. The predicted octanol–water partition coefficient (Wildman–Crippen LogP) is 1.84. The van der Waals surface area contributed by atoms with Crippen LogP contribution in [0, 0.1) is 13.8 Å². The van der Waals surface area contributed by atoms with Crippen LogP contribution in [0.15, 0.2) is 63.0 Å². The number of nitrogens with zero attached hydrogens (tertiary/aromatic N) is 3. The Kier molecular flexibility index (Phi) is 5.11. The van der Waals surface area contributed by atoms with E-state index < -0.39 is 21.3 Å². The maximum Gasteiger partial charge on any atom is 0.326 e. The molecule has 2 heterocycles. The summed E-state index contributed by atoms with van der Waals surface area (Å²) < 4.78 is 29.4. The van der Waals surface area contributed by atoms with E-state index in [1.54, 1.807) is 4.68 Å². The number of benzene rings is 2. The van der Waals surface area contributed by atoms with Gasteiger partial charge in [0.1, 0.15) is 0 Å². The standard InChI is InChI=1S/C21H21N5O4S/c1-13-18(14(2)26(24-13)15-7-5-4-6-8-15)12-25(3)31(29,30)16-9-10-19-17(11-16)20(27)23-21(28)22-19/h4-11H,12H2,1-3H3,(H2,22,23,27,28). The maximum atomic E-state index is 13.2. The van der Waals surface area contributed by atoms with E-state index in [1.807, 2.05) is 44.2 Å². The lowest BCUT2D eigenvalue weighted by Crippen LogP contribution is -2.27. The molecule has 4 aromatic rings. The lowest BCUT2D eigenvalue weighted by Gasteiger charge is -2.18. The first-order chi connectivity index (χ1) is 14.7. The number of sulfonamides is 1. The molecule has 2 aromatic carbocycles. The number of nitrogens with one attached hydrogen (secondary N) is 2. The van der Waals surface area contributed by atoms with Crippen molar-refractivity contribution in [3.63, 3.8) is 0 Å². The van der Waals surface area contributed by atoms with E-state index in [1.165, 1.54) is 29.6 Å². The fourth-order valence-electron chi connectivity index (χ4n) is 3.52. The Morgan fingerprint density at radius 3 is 2.45 bits per heavy atom. The molecule has 31 heavy (non-hydrogen) atoms. The van der Waals surface area contributed by atoms with Gasteiger partial charge in [-0.2, -0.15) is 9.40 Å². The average Bonchev–Trinajstić information content (AvgIpc) is 3.02. The minimum Gasteiger partial charge on any atom is -0.307 e. The van der Waals surface area contributed by atoms with E-state index in [0.29, 0.717) is 0 Å². The van der Waals surface area contributed by atoms with Crippen LogP contribution >= 0.6 is 0 Å². The minimum absolute atomic E-state index is 0.0363. The van der Waals surface area contributed by atoms with Crippen LogP contribution in [-0.2, 0) is 16.6 Å². The Labute approximate surface area is 178 Å². The second-order valence-corrected chi connectivity index (χ2v) is 9.32. The van der Waals surface area contributed by atoms with E-state index in [4.69, 9.17) is 0 Å². The average molecular weight is 439 g/mol. The number of rotatable bonds is 5. The quantitative estimate of drug-likeness (QED) is 0.492. The van der Waals surface area contributed by atoms with Crippen molar-refractivity contribution in [3.8, 4) is 5.69 Å². The van der Waals surface area contributed by atoms with E-state index >= 15 is 0 Å². The molecule has 0 unspecified atom stereocenters. The van der Waals surface area contributed by atoms with Gasteiger partial charge in [0.15, 0.2) is 0 Å². The highest BCUT2D eigenvalue weighted by Crippen LogP contribution is 2.23. The van der Waals surface area contributed by atoms with Gasteiger partial charge >= 0.3 is 5.69 Å². The van der Waals surface area contributed by atoms with Crippen LogP contribution in [0.1, 0.15) is 17.0 Å². The third kappa shape index (κ3) is 3.71. The molecule has 0 spiro atoms. The molecule has 2 N–H and O–H groups in total. The van der Waals surface area contributed by atoms with Crippen LogP contribution in [0.5, 0.6) is 0 Å². The van der Waals surface area contributed by atoms with E-state index in [9.17, 15) is 18.0 Å². The van der Waals surface area contributed by atoms with Crippen LogP contribution in [0.2, 0.25) is 0 Å². The van der Waals surface area contributed by atoms with Gasteiger partial charge in [-0.05, 0) is 44.2 Å². The molecule has 0 aliphatic carbocycles. The highest BCUT2D eigenvalue weighted by molar-refractivity contribution is 7.89. The van der Waals surface area contributed by atoms with Crippen molar-refractivity contribution in [1.29, 1.82) is 0 Å². The topological polar surface area (TPSA) is 121 Å². The maximum absolute atomic E-state index is 13.2. The molecule has 9 nitrogen and oxygen atoms in total. The lowest BCUT2D eigenvalue weighted by atomic mass is 10.2. The molecule has 0 atom stereocenters. The van der Waals surface area contributed by atoms with Gasteiger partial charge in [0.2, 0.25) is 10.0 Å². The molecule has 160 valence electrons. The van der Waals surface area contributed by atoms with Gasteiger partial charge in [0.05, 0.1) is 27.2 Å². The number of fused-ring (bicyclic) bond motifs is 1. The summed E-state index contributed by atoms with van der Waals surface area (Å²) in [6.45, 7) is 3.86. The molecule has 0 bridgehead atoms. The molecule has 0 aliphatic heterocycles. The van der Waals surface area contributed by atoms with Crippen LogP contribution in [0.25, 0.3) is 16.6 Å². The van der Waals surface area contributed by atoms with E-state index in [2.05, 4.69) is 15.1 Å². The van der Waals surface area contributed by atoms with Crippen molar-refractivity contribution in [2.45, 2.75) is 25.3 Å². The second kappa shape index (κ2) is 7.64.